The summed E-state index contributed by atoms with van der Waals surface area (Å²) in [6, 6.07) is 12.0. The van der Waals surface area contributed by atoms with E-state index < -0.39 is 0 Å². The third-order valence-electron chi connectivity index (χ3n) is 6.98. The average molecular weight is 434 g/mol. The molecule has 5 nitrogen and oxygen atoms in total. The van der Waals surface area contributed by atoms with E-state index in [-0.39, 0.29) is 0 Å². The molecule has 0 aliphatic carbocycles. The Morgan fingerprint density at radius 2 is 1.75 bits per heavy atom. The van der Waals surface area contributed by atoms with Crippen LogP contribution in [0.1, 0.15) is 55.4 Å². The van der Waals surface area contributed by atoms with Crippen LogP contribution < -0.4 is 0 Å². The Balaban J connectivity index is 1.37. The van der Waals surface area contributed by atoms with Crippen molar-refractivity contribution in [1.29, 1.82) is 0 Å². The van der Waals surface area contributed by atoms with Crippen molar-refractivity contribution in [3.63, 3.8) is 0 Å². The Labute approximate surface area is 193 Å². The average Bonchev–Trinajstić information content (AvgIpc) is 3.13. The molecule has 1 saturated heterocycles. The fourth-order valence-corrected chi connectivity index (χ4v) is 5.13. The van der Waals surface area contributed by atoms with Gasteiger partial charge in [-0.3, -0.25) is 4.90 Å². The van der Waals surface area contributed by atoms with Crippen LogP contribution in [0.15, 0.2) is 30.3 Å². The highest BCUT2D eigenvalue weighted by Crippen LogP contribution is 2.21. The van der Waals surface area contributed by atoms with Crippen LogP contribution >= 0.6 is 0 Å². The van der Waals surface area contributed by atoms with Gasteiger partial charge in [0.2, 0.25) is 0 Å². The monoisotopic (exact) mass is 433 g/mol. The number of likely N-dealkylation sites (N-methyl/N-ethyl adjacent to an activating group) is 1. The molecule has 1 aliphatic heterocycles. The van der Waals surface area contributed by atoms with Crippen LogP contribution in [0.5, 0.6) is 0 Å². The number of hydrogen-bond donors (Lipinski definition) is 0. The summed E-state index contributed by atoms with van der Waals surface area (Å²) in [6.45, 7) is 17.8. The van der Waals surface area contributed by atoms with Gasteiger partial charge < -0.3 is 9.47 Å². The van der Waals surface area contributed by atoms with Crippen LogP contribution in [0.25, 0.3) is 11.2 Å². The lowest BCUT2D eigenvalue weighted by molar-refractivity contribution is 0.0874. The van der Waals surface area contributed by atoms with Crippen molar-refractivity contribution in [2.24, 2.45) is 0 Å². The minimum Gasteiger partial charge on any atom is -0.308 e. The molecule has 0 saturated carbocycles. The Kier molecular flexibility index (Phi) is 7.27. The zero-order chi connectivity index (χ0) is 22.7. The van der Waals surface area contributed by atoms with Gasteiger partial charge in [-0.15, -0.1) is 0 Å². The highest BCUT2D eigenvalue weighted by Gasteiger charge is 2.21. The summed E-state index contributed by atoms with van der Waals surface area (Å²) in [5.41, 5.74) is 7.07. The van der Waals surface area contributed by atoms with Crippen LogP contribution in [-0.4, -0.2) is 63.1 Å². The molecule has 0 radical (unpaired) electrons. The van der Waals surface area contributed by atoms with Gasteiger partial charge in [-0.05, 0) is 69.5 Å². The van der Waals surface area contributed by atoms with Gasteiger partial charge in [0.25, 0.3) is 0 Å². The van der Waals surface area contributed by atoms with E-state index >= 15 is 0 Å². The normalized spacial score (nSPS) is 18.0. The van der Waals surface area contributed by atoms with E-state index in [1.54, 1.807) is 0 Å². The smallest absolute Gasteiger partial charge is 0.160 e. The molecule has 32 heavy (non-hydrogen) atoms. The number of aryl methyl sites for hydroxylation is 4. The number of pyridine rings is 1. The molecular formula is C27H39N5. The maximum atomic E-state index is 4.88. The standard InChI is InChI=1S/C27H39N5/c1-6-25-29-26-20(3)17-21(4)28-27(26)32(25)19-24-12-10-23(11-13-24)9-8-14-30-15-16-31(7-2)22(5)18-30/h10-13,17,22H,6-9,14-16,18-19H2,1-5H3. The largest absolute Gasteiger partial charge is 0.308 e. The zero-order valence-electron chi connectivity index (χ0n) is 20.6. The molecule has 1 unspecified atom stereocenters. The van der Waals surface area contributed by atoms with Crippen molar-refractivity contribution < 1.29 is 0 Å². The Morgan fingerprint density at radius 1 is 1.00 bits per heavy atom. The molecular weight excluding hydrogens is 394 g/mol. The number of benzene rings is 1. The molecule has 3 aromatic rings. The van der Waals surface area contributed by atoms with E-state index in [0.29, 0.717) is 6.04 Å². The first-order chi connectivity index (χ1) is 15.5. The quantitative estimate of drug-likeness (QED) is 0.520. The molecule has 1 fully saturated rings. The lowest BCUT2D eigenvalue weighted by Gasteiger charge is -2.39. The summed E-state index contributed by atoms with van der Waals surface area (Å²) in [5.74, 6) is 1.11. The van der Waals surface area contributed by atoms with Crippen LogP contribution in [0.2, 0.25) is 0 Å². The molecule has 4 rings (SSSR count). The molecule has 0 N–H and O–H groups in total. The lowest BCUT2D eigenvalue weighted by atomic mass is 10.1. The van der Waals surface area contributed by atoms with E-state index in [4.69, 9.17) is 9.97 Å². The fourth-order valence-electron chi connectivity index (χ4n) is 5.13. The molecule has 0 bridgehead atoms. The number of nitrogens with zero attached hydrogens (tertiary/aromatic N) is 5. The maximum Gasteiger partial charge on any atom is 0.160 e. The van der Waals surface area contributed by atoms with Gasteiger partial charge >= 0.3 is 0 Å². The van der Waals surface area contributed by atoms with Crippen molar-refractivity contribution in [3.8, 4) is 0 Å². The first kappa shape index (κ1) is 22.9. The van der Waals surface area contributed by atoms with E-state index in [9.17, 15) is 0 Å². The number of imidazole rings is 1. The number of aromatic nitrogens is 3. The number of rotatable bonds is 8. The lowest BCUT2D eigenvalue weighted by Crippen LogP contribution is -2.51. The second kappa shape index (κ2) is 10.1. The Morgan fingerprint density at radius 3 is 2.44 bits per heavy atom. The second-order valence-corrected chi connectivity index (χ2v) is 9.42. The predicted molar refractivity (Wildman–Crippen MR) is 133 cm³/mol. The molecule has 2 aromatic heterocycles. The molecule has 3 heterocycles. The zero-order valence-corrected chi connectivity index (χ0v) is 20.6. The predicted octanol–water partition coefficient (Wildman–Crippen LogP) is 4.62. The van der Waals surface area contributed by atoms with Crippen molar-refractivity contribution in [2.45, 2.75) is 66.5 Å². The van der Waals surface area contributed by atoms with Gasteiger partial charge in [0.05, 0.1) is 6.54 Å². The van der Waals surface area contributed by atoms with Crippen LogP contribution in [0.3, 0.4) is 0 Å². The summed E-state index contributed by atoms with van der Waals surface area (Å²) >= 11 is 0. The molecule has 0 amide bonds. The van der Waals surface area contributed by atoms with Gasteiger partial charge in [0.15, 0.2) is 5.65 Å². The summed E-state index contributed by atoms with van der Waals surface area (Å²) in [6.07, 6.45) is 3.29. The first-order valence-corrected chi connectivity index (χ1v) is 12.4. The summed E-state index contributed by atoms with van der Waals surface area (Å²) < 4.78 is 2.29. The van der Waals surface area contributed by atoms with E-state index in [0.717, 1.165) is 42.1 Å². The molecule has 0 spiro atoms. The van der Waals surface area contributed by atoms with Gasteiger partial charge in [0, 0.05) is 37.8 Å². The topological polar surface area (TPSA) is 37.2 Å². The third kappa shape index (κ3) is 5.05. The van der Waals surface area contributed by atoms with Crippen molar-refractivity contribution >= 4 is 11.2 Å². The number of fused-ring (bicyclic) bond motifs is 1. The molecule has 5 heteroatoms. The third-order valence-corrected chi connectivity index (χ3v) is 6.98. The first-order valence-electron chi connectivity index (χ1n) is 12.4. The second-order valence-electron chi connectivity index (χ2n) is 9.42. The van der Waals surface area contributed by atoms with Gasteiger partial charge in [-0.2, -0.15) is 0 Å². The number of hydrogen-bond acceptors (Lipinski definition) is 4. The Bertz CT molecular complexity index is 1040. The fraction of sp³-hybridized carbons (Fsp3) is 0.556. The van der Waals surface area contributed by atoms with Crippen molar-refractivity contribution in [1.82, 2.24) is 24.3 Å². The summed E-state index contributed by atoms with van der Waals surface area (Å²) in [4.78, 5) is 14.9. The highest BCUT2D eigenvalue weighted by atomic mass is 15.3. The SMILES string of the molecule is CCc1nc2c(C)cc(C)nc2n1Cc1ccc(CCCN2CCN(CC)C(C)C2)cc1. The van der Waals surface area contributed by atoms with E-state index in [2.05, 4.69) is 79.3 Å². The van der Waals surface area contributed by atoms with Gasteiger partial charge in [-0.1, -0.05) is 38.1 Å². The minimum atomic E-state index is 0.683. The van der Waals surface area contributed by atoms with Crippen LogP contribution in [-0.2, 0) is 19.4 Å². The van der Waals surface area contributed by atoms with E-state index in [1.165, 1.54) is 55.8 Å². The molecule has 172 valence electrons. The van der Waals surface area contributed by atoms with Crippen LogP contribution in [0.4, 0.5) is 0 Å². The molecule has 1 atom stereocenters. The molecule has 1 aliphatic rings. The van der Waals surface area contributed by atoms with E-state index in [1.807, 2.05) is 0 Å². The Hall–Kier alpha value is -2.24. The molecule has 1 aromatic carbocycles. The minimum absolute atomic E-state index is 0.683. The summed E-state index contributed by atoms with van der Waals surface area (Å²) in [7, 11) is 0. The van der Waals surface area contributed by atoms with Crippen molar-refractivity contribution in [2.75, 3.05) is 32.7 Å². The van der Waals surface area contributed by atoms with Gasteiger partial charge in [-0.25, -0.2) is 9.97 Å². The van der Waals surface area contributed by atoms with Crippen molar-refractivity contribution in [3.05, 3.63) is 58.5 Å². The van der Waals surface area contributed by atoms with Gasteiger partial charge in [0.1, 0.15) is 11.3 Å². The number of piperazine rings is 1. The summed E-state index contributed by atoms with van der Waals surface area (Å²) in [5, 5.41) is 0. The van der Waals surface area contributed by atoms with Crippen LogP contribution in [0, 0.1) is 13.8 Å². The highest BCUT2D eigenvalue weighted by molar-refractivity contribution is 5.76. The maximum absolute atomic E-state index is 4.88.